The Balaban J connectivity index is 1.36. The molecule has 0 spiro atoms. The van der Waals surface area contributed by atoms with Gasteiger partial charge in [-0.05, 0) is 91.7 Å². The van der Waals surface area contributed by atoms with Gasteiger partial charge < -0.3 is 14.5 Å². The highest BCUT2D eigenvalue weighted by Gasteiger charge is 2.27. The van der Waals surface area contributed by atoms with Crippen molar-refractivity contribution in [3.63, 3.8) is 0 Å². The molecule has 4 heterocycles. The third kappa shape index (κ3) is 6.59. The van der Waals surface area contributed by atoms with Crippen LogP contribution in [0.25, 0.3) is 22.5 Å². The molecule has 3 aromatic heterocycles. The number of nitrogens with one attached hydrogen (secondary N) is 1. The van der Waals surface area contributed by atoms with E-state index in [0.717, 1.165) is 61.2 Å². The Morgan fingerprint density at radius 2 is 1.86 bits per heavy atom. The summed E-state index contributed by atoms with van der Waals surface area (Å²) in [7, 11) is 1.81. The second-order valence-electron chi connectivity index (χ2n) is 12.3. The fraction of sp³-hybridized carbons (Fsp3) is 0.424. The molecule has 1 amide bonds. The van der Waals surface area contributed by atoms with Crippen LogP contribution < -0.4 is 10.9 Å². The molecule has 43 heavy (non-hydrogen) atoms. The van der Waals surface area contributed by atoms with Crippen molar-refractivity contribution in [2.75, 3.05) is 18.4 Å². The predicted molar refractivity (Wildman–Crippen MR) is 164 cm³/mol. The van der Waals surface area contributed by atoms with Gasteiger partial charge in [0.25, 0.3) is 11.5 Å². The summed E-state index contributed by atoms with van der Waals surface area (Å²) in [4.78, 5) is 34.4. The summed E-state index contributed by atoms with van der Waals surface area (Å²) in [5.74, 6) is 0.563. The molecule has 0 bridgehead atoms. The number of anilines is 1. The average molecular weight is 584 g/mol. The number of piperidine rings is 1. The number of halogens is 1. The SMILES string of the molecule is CC(C)Cn1cc(CN2CCCCC2)cc(C(=O)Nc2cc(-c3ccc(F)cc3-c3nncn3C)cc(C3CC3)n2)c1=O. The van der Waals surface area contributed by atoms with E-state index in [9.17, 15) is 14.0 Å². The van der Waals surface area contributed by atoms with Crippen LogP contribution in [0.15, 0.2) is 53.7 Å². The molecule has 2 aliphatic rings. The molecular formula is C33H38FN7O2. The van der Waals surface area contributed by atoms with E-state index in [1.807, 2.05) is 19.3 Å². The minimum Gasteiger partial charge on any atom is -0.317 e. The van der Waals surface area contributed by atoms with Gasteiger partial charge in [-0.2, -0.15) is 0 Å². The van der Waals surface area contributed by atoms with Crippen LogP contribution in [0.1, 0.15) is 73.5 Å². The molecule has 1 aromatic carbocycles. The van der Waals surface area contributed by atoms with Crippen molar-refractivity contribution in [1.82, 2.24) is 29.2 Å². The third-order valence-electron chi connectivity index (χ3n) is 8.13. The molecule has 1 aliphatic heterocycles. The Kier molecular flexibility index (Phi) is 8.21. The number of hydrogen-bond acceptors (Lipinski definition) is 6. The molecule has 0 atom stereocenters. The lowest BCUT2D eigenvalue weighted by atomic mass is 9.98. The molecule has 0 unspecified atom stereocenters. The van der Waals surface area contributed by atoms with Gasteiger partial charge in [0.2, 0.25) is 0 Å². The van der Waals surface area contributed by atoms with Crippen LogP contribution in [0.3, 0.4) is 0 Å². The van der Waals surface area contributed by atoms with E-state index in [-0.39, 0.29) is 22.9 Å². The zero-order valence-corrected chi connectivity index (χ0v) is 25.0. The first-order chi connectivity index (χ1) is 20.7. The number of pyridine rings is 2. The van der Waals surface area contributed by atoms with Crippen molar-refractivity contribution < 1.29 is 9.18 Å². The third-order valence-corrected chi connectivity index (χ3v) is 8.13. The van der Waals surface area contributed by atoms with Crippen molar-refractivity contribution in [2.45, 2.75) is 65.0 Å². The van der Waals surface area contributed by atoms with Gasteiger partial charge >= 0.3 is 0 Å². The van der Waals surface area contributed by atoms with Crippen molar-refractivity contribution in [1.29, 1.82) is 0 Å². The van der Waals surface area contributed by atoms with Gasteiger partial charge in [0, 0.05) is 43.5 Å². The van der Waals surface area contributed by atoms with Crippen molar-refractivity contribution in [3.05, 3.63) is 81.9 Å². The summed E-state index contributed by atoms with van der Waals surface area (Å²) in [6.45, 7) is 7.39. The van der Waals surface area contributed by atoms with Gasteiger partial charge in [0.15, 0.2) is 5.82 Å². The predicted octanol–water partition coefficient (Wildman–Crippen LogP) is 5.62. The number of nitrogens with zero attached hydrogens (tertiary/aromatic N) is 6. The summed E-state index contributed by atoms with van der Waals surface area (Å²) < 4.78 is 17.8. The van der Waals surface area contributed by atoms with Crippen LogP contribution in [0, 0.1) is 11.7 Å². The maximum atomic E-state index is 14.4. The highest BCUT2D eigenvalue weighted by atomic mass is 19.1. The minimum atomic E-state index is -0.484. The summed E-state index contributed by atoms with van der Waals surface area (Å²) >= 11 is 0. The van der Waals surface area contributed by atoms with E-state index < -0.39 is 5.91 Å². The second-order valence-corrected chi connectivity index (χ2v) is 12.3. The maximum absolute atomic E-state index is 14.4. The Labute approximate surface area is 250 Å². The van der Waals surface area contributed by atoms with Gasteiger partial charge in [0.1, 0.15) is 23.5 Å². The molecule has 2 fully saturated rings. The van der Waals surface area contributed by atoms with Gasteiger partial charge in [0.05, 0.1) is 0 Å². The van der Waals surface area contributed by atoms with Crippen molar-refractivity contribution in [2.24, 2.45) is 13.0 Å². The van der Waals surface area contributed by atoms with Crippen LogP contribution in [-0.2, 0) is 20.1 Å². The molecule has 9 nitrogen and oxygen atoms in total. The molecule has 224 valence electrons. The number of likely N-dealkylation sites (tertiary alicyclic amines) is 1. The van der Waals surface area contributed by atoms with E-state index in [1.165, 1.54) is 18.6 Å². The quantitative estimate of drug-likeness (QED) is 0.275. The lowest BCUT2D eigenvalue weighted by molar-refractivity contribution is 0.102. The number of amides is 1. The van der Waals surface area contributed by atoms with E-state index in [1.54, 1.807) is 33.7 Å². The van der Waals surface area contributed by atoms with E-state index in [2.05, 4.69) is 34.3 Å². The molecular weight excluding hydrogens is 545 g/mol. The molecule has 1 N–H and O–H groups in total. The molecule has 1 saturated carbocycles. The number of carbonyl (C=O) groups is 1. The summed E-state index contributed by atoms with van der Waals surface area (Å²) in [5, 5.41) is 11.1. The fourth-order valence-corrected chi connectivity index (χ4v) is 5.88. The largest absolute Gasteiger partial charge is 0.317 e. The molecule has 1 saturated heterocycles. The van der Waals surface area contributed by atoms with Crippen molar-refractivity contribution >= 4 is 11.7 Å². The number of carbonyl (C=O) groups excluding carboxylic acids is 1. The first-order valence-electron chi connectivity index (χ1n) is 15.2. The topological polar surface area (TPSA) is 97.9 Å². The van der Waals surface area contributed by atoms with Crippen molar-refractivity contribution in [3.8, 4) is 22.5 Å². The van der Waals surface area contributed by atoms with Crippen LogP contribution in [0.5, 0.6) is 0 Å². The number of aryl methyl sites for hydroxylation is 1. The maximum Gasteiger partial charge on any atom is 0.263 e. The summed E-state index contributed by atoms with van der Waals surface area (Å²) in [6.07, 6.45) is 9.07. The van der Waals surface area contributed by atoms with Crippen LogP contribution >= 0.6 is 0 Å². The van der Waals surface area contributed by atoms with Crippen LogP contribution in [0.4, 0.5) is 10.2 Å². The van der Waals surface area contributed by atoms with E-state index in [0.29, 0.717) is 36.2 Å². The number of rotatable bonds is 9. The van der Waals surface area contributed by atoms with Gasteiger partial charge in [-0.3, -0.25) is 14.5 Å². The summed E-state index contributed by atoms with van der Waals surface area (Å²) in [6, 6.07) is 10.1. The Morgan fingerprint density at radius 1 is 1.07 bits per heavy atom. The number of aromatic nitrogens is 5. The van der Waals surface area contributed by atoms with Crippen LogP contribution in [-0.4, -0.2) is 48.2 Å². The lowest BCUT2D eigenvalue weighted by Crippen LogP contribution is -2.33. The van der Waals surface area contributed by atoms with Gasteiger partial charge in [-0.1, -0.05) is 26.3 Å². The second kappa shape index (κ2) is 12.2. The monoisotopic (exact) mass is 583 g/mol. The molecule has 4 aromatic rings. The van der Waals surface area contributed by atoms with E-state index >= 15 is 0 Å². The normalized spacial score (nSPS) is 15.7. The first kappa shape index (κ1) is 28.9. The van der Waals surface area contributed by atoms with E-state index in [4.69, 9.17) is 4.98 Å². The molecule has 6 rings (SSSR count). The smallest absolute Gasteiger partial charge is 0.263 e. The fourth-order valence-electron chi connectivity index (χ4n) is 5.88. The molecule has 10 heteroatoms. The highest BCUT2D eigenvalue weighted by Crippen LogP contribution is 2.42. The number of benzene rings is 1. The van der Waals surface area contributed by atoms with Crippen LogP contribution in [0.2, 0.25) is 0 Å². The Morgan fingerprint density at radius 3 is 2.56 bits per heavy atom. The first-order valence-corrected chi connectivity index (χ1v) is 15.2. The Bertz CT molecular complexity index is 1700. The zero-order valence-electron chi connectivity index (χ0n) is 25.0. The minimum absolute atomic E-state index is 0.108. The van der Waals surface area contributed by atoms with Gasteiger partial charge in [-0.25, -0.2) is 9.37 Å². The Hall–Kier alpha value is -4.18. The molecule has 1 aliphatic carbocycles. The summed E-state index contributed by atoms with van der Waals surface area (Å²) in [5.41, 5.74) is 3.73. The number of hydrogen-bond donors (Lipinski definition) is 1. The average Bonchev–Trinajstić information content (AvgIpc) is 3.75. The highest BCUT2D eigenvalue weighted by molar-refractivity contribution is 6.04. The lowest BCUT2D eigenvalue weighted by Gasteiger charge is -2.27. The van der Waals surface area contributed by atoms with Gasteiger partial charge in [-0.15, -0.1) is 10.2 Å². The standard InChI is InChI=1S/C33H38FN7O2/c1-21(2)17-41-19-22(18-40-11-5-4-6-12-40)13-28(33(41)43)32(42)37-30-15-24(14-29(36-30)23-7-8-23)26-10-9-25(34)16-27(26)31-38-35-20-39(31)3/h9-10,13-16,19-21,23H,4-8,11-12,17-18H2,1-3H3,(H,36,37,42). The molecule has 0 radical (unpaired) electrons. The zero-order chi connectivity index (χ0) is 30.1.